The van der Waals surface area contributed by atoms with E-state index in [0.717, 1.165) is 30.3 Å². The van der Waals surface area contributed by atoms with Crippen LogP contribution in [0.15, 0.2) is 28.7 Å². The first-order chi connectivity index (χ1) is 11.2. The lowest BCUT2D eigenvalue weighted by molar-refractivity contribution is -0.0780. The van der Waals surface area contributed by atoms with Gasteiger partial charge in [-0.2, -0.15) is 0 Å². The molecule has 124 valence electrons. The van der Waals surface area contributed by atoms with Gasteiger partial charge in [0.15, 0.2) is 0 Å². The summed E-state index contributed by atoms with van der Waals surface area (Å²) in [6.07, 6.45) is 9.14. The molecule has 1 heterocycles. The van der Waals surface area contributed by atoms with E-state index >= 15 is 0 Å². The highest BCUT2D eigenvalue weighted by Gasteiger charge is 2.46. The van der Waals surface area contributed by atoms with Crippen LogP contribution in [0.1, 0.15) is 63.0 Å². The molecule has 0 radical (unpaired) electrons. The summed E-state index contributed by atoms with van der Waals surface area (Å²) in [6, 6.07) is 8.62. The Morgan fingerprint density at radius 2 is 1.78 bits per heavy atom. The van der Waals surface area contributed by atoms with E-state index in [1.165, 1.54) is 37.7 Å². The van der Waals surface area contributed by atoms with E-state index in [1.54, 1.807) is 0 Å². The van der Waals surface area contributed by atoms with Crippen LogP contribution in [0.4, 0.5) is 4.79 Å². The van der Waals surface area contributed by atoms with Crippen LogP contribution in [0.3, 0.4) is 0 Å². The van der Waals surface area contributed by atoms with Gasteiger partial charge in [0.1, 0.15) is 5.60 Å². The highest BCUT2D eigenvalue weighted by Crippen LogP contribution is 2.47. The zero-order chi connectivity index (χ0) is 15.9. The van der Waals surface area contributed by atoms with Gasteiger partial charge < -0.3 is 9.64 Å². The maximum absolute atomic E-state index is 12.8. The van der Waals surface area contributed by atoms with Crippen LogP contribution in [-0.4, -0.2) is 23.1 Å². The Morgan fingerprint density at radius 3 is 2.39 bits per heavy atom. The molecule has 1 aromatic carbocycles. The highest BCUT2D eigenvalue weighted by atomic mass is 79.9. The molecule has 1 saturated heterocycles. The van der Waals surface area contributed by atoms with Gasteiger partial charge in [0.2, 0.25) is 0 Å². The quantitative estimate of drug-likeness (QED) is 0.700. The largest absolute Gasteiger partial charge is 0.443 e. The van der Waals surface area contributed by atoms with Crippen molar-refractivity contribution in [3.63, 3.8) is 0 Å². The second-order valence-corrected chi connectivity index (χ2v) is 8.30. The number of carbonyl (C=O) groups is 1. The molecular formula is C19H24BrNO2. The van der Waals surface area contributed by atoms with Gasteiger partial charge in [0, 0.05) is 17.4 Å². The standard InChI is InChI=1S/C19H24BrNO2/c20-16-8-6-15(7-9-16)17(14-4-5-14)21-13-12-19(23-18(21)22)10-2-1-3-11-19/h6-9,14,17H,1-5,10-13H2. The number of nitrogens with zero attached hydrogens (tertiary/aromatic N) is 1. The lowest BCUT2D eigenvalue weighted by Crippen LogP contribution is -2.51. The van der Waals surface area contributed by atoms with E-state index in [0.29, 0.717) is 5.92 Å². The van der Waals surface area contributed by atoms with Crippen LogP contribution in [0.25, 0.3) is 0 Å². The maximum atomic E-state index is 12.8. The molecule has 3 aliphatic rings. The maximum Gasteiger partial charge on any atom is 0.410 e. The third-order valence-corrected chi connectivity index (χ3v) is 6.26. The molecule has 1 atom stereocenters. The monoisotopic (exact) mass is 377 g/mol. The van der Waals surface area contributed by atoms with Crippen molar-refractivity contribution in [2.45, 2.75) is 63.0 Å². The van der Waals surface area contributed by atoms with Crippen LogP contribution < -0.4 is 0 Å². The Labute approximate surface area is 146 Å². The van der Waals surface area contributed by atoms with Crippen molar-refractivity contribution in [3.05, 3.63) is 34.3 Å². The van der Waals surface area contributed by atoms with E-state index in [9.17, 15) is 4.79 Å². The van der Waals surface area contributed by atoms with Crippen LogP contribution in [-0.2, 0) is 4.74 Å². The predicted molar refractivity (Wildman–Crippen MR) is 93.2 cm³/mol. The predicted octanol–water partition coefficient (Wildman–Crippen LogP) is 5.45. The summed E-state index contributed by atoms with van der Waals surface area (Å²) in [5.41, 5.74) is 1.09. The minimum Gasteiger partial charge on any atom is -0.443 e. The number of benzene rings is 1. The molecule has 3 nitrogen and oxygen atoms in total. The second kappa shape index (κ2) is 6.12. The van der Waals surface area contributed by atoms with Crippen molar-refractivity contribution in [1.29, 1.82) is 0 Å². The first-order valence-corrected chi connectivity index (χ1v) is 9.71. The molecule has 2 saturated carbocycles. The molecule has 0 N–H and O–H groups in total. The number of hydrogen-bond acceptors (Lipinski definition) is 2. The van der Waals surface area contributed by atoms with Gasteiger partial charge in [0.25, 0.3) is 0 Å². The first kappa shape index (κ1) is 15.5. The fourth-order valence-electron chi connectivity index (χ4n) is 4.29. The average Bonchev–Trinajstić information content (AvgIpc) is 3.37. The average molecular weight is 378 g/mol. The SMILES string of the molecule is O=C1OC2(CCCCC2)CCN1C(c1ccc(Br)cc1)C1CC1. The molecule has 23 heavy (non-hydrogen) atoms. The molecule has 1 aliphatic heterocycles. The number of hydrogen-bond donors (Lipinski definition) is 0. The summed E-state index contributed by atoms with van der Waals surface area (Å²) in [7, 11) is 0. The van der Waals surface area contributed by atoms with Gasteiger partial charge in [0.05, 0.1) is 6.04 Å². The molecule has 2 aliphatic carbocycles. The number of rotatable bonds is 3. The highest BCUT2D eigenvalue weighted by molar-refractivity contribution is 9.10. The lowest BCUT2D eigenvalue weighted by Gasteiger charge is -2.45. The van der Waals surface area contributed by atoms with Gasteiger partial charge in [-0.3, -0.25) is 0 Å². The summed E-state index contributed by atoms with van der Waals surface area (Å²) in [6.45, 7) is 0.843. The van der Waals surface area contributed by atoms with Crippen LogP contribution in [0.2, 0.25) is 0 Å². The van der Waals surface area contributed by atoms with Crippen molar-refractivity contribution < 1.29 is 9.53 Å². The normalized spacial score (nSPS) is 25.3. The molecule has 0 aromatic heterocycles. The third-order valence-electron chi connectivity index (χ3n) is 5.73. The number of amides is 1. The van der Waals surface area contributed by atoms with E-state index in [4.69, 9.17) is 4.74 Å². The van der Waals surface area contributed by atoms with E-state index < -0.39 is 0 Å². The first-order valence-electron chi connectivity index (χ1n) is 8.92. The molecular weight excluding hydrogens is 354 g/mol. The summed E-state index contributed by atoms with van der Waals surface area (Å²) < 4.78 is 7.09. The molecule has 1 aromatic rings. The van der Waals surface area contributed by atoms with Crippen LogP contribution >= 0.6 is 15.9 Å². The molecule has 1 amide bonds. The molecule has 4 heteroatoms. The van der Waals surface area contributed by atoms with Crippen molar-refractivity contribution in [1.82, 2.24) is 4.90 Å². The van der Waals surface area contributed by atoms with Crippen molar-refractivity contribution >= 4 is 22.0 Å². The van der Waals surface area contributed by atoms with E-state index in [2.05, 4.69) is 40.2 Å². The topological polar surface area (TPSA) is 29.5 Å². The fraction of sp³-hybridized carbons (Fsp3) is 0.632. The summed E-state index contributed by atoms with van der Waals surface area (Å²) in [5, 5.41) is 0. The Morgan fingerprint density at radius 1 is 1.09 bits per heavy atom. The molecule has 1 spiro atoms. The summed E-state index contributed by atoms with van der Waals surface area (Å²) in [4.78, 5) is 14.8. The smallest absolute Gasteiger partial charge is 0.410 e. The Balaban J connectivity index is 1.54. The number of halogens is 1. The van der Waals surface area contributed by atoms with E-state index in [-0.39, 0.29) is 17.7 Å². The van der Waals surface area contributed by atoms with Gasteiger partial charge >= 0.3 is 6.09 Å². The molecule has 1 unspecified atom stereocenters. The number of carbonyl (C=O) groups excluding carboxylic acids is 1. The Hall–Kier alpha value is -1.03. The zero-order valence-corrected chi connectivity index (χ0v) is 15.1. The Bertz CT molecular complexity index is 576. The lowest BCUT2D eigenvalue weighted by atomic mass is 9.81. The van der Waals surface area contributed by atoms with Crippen LogP contribution in [0, 0.1) is 5.92 Å². The minimum atomic E-state index is -0.153. The van der Waals surface area contributed by atoms with Crippen molar-refractivity contribution in [3.8, 4) is 0 Å². The molecule has 3 fully saturated rings. The van der Waals surface area contributed by atoms with Gasteiger partial charge in [-0.1, -0.05) is 34.5 Å². The van der Waals surface area contributed by atoms with Crippen molar-refractivity contribution in [2.24, 2.45) is 5.92 Å². The Kier molecular flexibility index (Phi) is 4.12. The molecule has 0 bridgehead atoms. The van der Waals surface area contributed by atoms with Crippen LogP contribution in [0.5, 0.6) is 0 Å². The number of ether oxygens (including phenoxy) is 1. The van der Waals surface area contributed by atoms with E-state index in [1.807, 2.05) is 4.90 Å². The van der Waals surface area contributed by atoms with Gasteiger partial charge in [-0.25, -0.2) is 4.79 Å². The molecule has 4 rings (SSSR count). The summed E-state index contributed by atoms with van der Waals surface area (Å²) in [5.74, 6) is 0.601. The van der Waals surface area contributed by atoms with Gasteiger partial charge in [-0.05, 0) is 62.1 Å². The fourth-order valence-corrected chi connectivity index (χ4v) is 4.55. The zero-order valence-electron chi connectivity index (χ0n) is 13.5. The van der Waals surface area contributed by atoms with Gasteiger partial charge in [-0.15, -0.1) is 0 Å². The second-order valence-electron chi connectivity index (χ2n) is 7.39. The van der Waals surface area contributed by atoms with Crippen molar-refractivity contribution in [2.75, 3.05) is 6.54 Å². The summed E-state index contributed by atoms with van der Waals surface area (Å²) >= 11 is 3.50. The minimum absolute atomic E-state index is 0.0852. The third kappa shape index (κ3) is 3.15.